The van der Waals surface area contributed by atoms with Gasteiger partial charge in [-0.15, -0.1) is 0 Å². The summed E-state index contributed by atoms with van der Waals surface area (Å²) < 4.78 is 6.50. The lowest BCUT2D eigenvalue weighted by Gasteiger charge is -2.31. The molecular formula is C28H33BrN4O3. The lowest BCUT2D eigenvalue weighted by atomic mass is 10.1. The number of nitrogens with one attached hydrogen (secondary N) is 2. The Morgan fingerprint density at radius 3 is 2.47 bits per heavy atom. The van der Waals surface area contributed by atoms with Crippen molar-refractivity contribution in [1.29, 1.82) is 0 Å². The molecule has 7 nitrogen and oxygen atoms in total. The number of hydrogen-bond acceptors (Lipinski definition) is 4. The lowest BCUT2D eigenvalue weighted by Crippen LogP contribution is -2.37. The number of amides is 3. The van der Waals surface area contributed by atoms with Crippen LogP contribution in [0, 0.1) is 0 Å². The van der Waals surface area contributed by atoms with Gasteiger partial charge in [-0.25, -0.2) is 4.79 Å². The van der Waals surface area contributed by atoms with Gasteiger partial charge in [0.25, 0.3) is 5.91 Å². The Morgan fingerprint density at radius 2 is 1.78 bits per heavy atom. The maximum absolute atomic E-state index is 13.7. The van der Waals surface area contributed by atoms with Crippen LogP contribution in [0.3, 0.4) is 0 Å². The van der Waals surface area contributed by atoms with Crippen molar-refractivity contribution in [3.63, 3.8) is 0 Å². The van der Waals surface area contributed by atoms with Crippen molar-refractivity contribution in [3.8, 4) is 0 Å². The molecule has 190 valence electrons. The predicted octanol–water partition coefficient (Wildman–Crippen LogP) is 7.12. The van der Waals surface area contributed by atoms with Crippen LogP contribution >= 0.6 is 15.9 Å². The second-order valence-corrected chi connectivity index (χ2v) is 9.94. The molecule has 0 aliphatic carbocycles. The number of halogens is 1. The number of carbonyl (C=O) groups is 2. The predicted molar refractivity (Wildman–Crippen MR) is 148 cm³/mol. The van der Waals surface area contributed by atoms with Crippen LogP contribution in [0.25, 0.3) is 0 Å². The fraction of sp³-hybridized carbons (Fsp3) is 0.357. The van der Waals surface area contributed by atoms with Crippen LogP contribution in [0.5, 0.6) is 0 Å². The summed E-state index contributed by atoms with van der Waals surface area (Å²) in [6.45, 7) is 5.04. The number of unbranched alkanes of at least 4 members (excludes halogenated alkanes) is 1. The number of rotatable bonds is 9. The number of anilines is 3. The Hall–Kier alpha value is -3.26. The third kappa shape index (κ3) is 6.91. The van der Waals surface area contributed by atoms with Crippen LogP contribution in [-0.4, -0.2) is 36.5 Å². The first-order chi connectivity index (χ1) is 17.5. The standard InChI is InChI=1S/C28H33BrN4O3/c1-2-3-14-33(20-24-11-8-17-36-24)26-13-12-23(19-25(26)27(34)32-15-5-4-6-16-32)31-28(35)30-22-10-7-9-21(29)18-22/h7-13,17-19H,2-6,14-16,20H2,1H3,(H2,30,31,35). The number of nitrogens with zero attached hydrogens (tertiary/aromatic N) is 2. The quantitative estimate of drug-likeness (QED) is 0.296. The molecule has 8 heteroatoms. The molecule has 4 rings (SSSR count). The van der Waals surface area contributed by atoms with Gasteiger partial charge in [0.15, 0.2) is 0 Å². The van der Waals surface area contributed by atoms with E-state index in [4.69, 9.17) is 4.42 Å². The highest BCUT2D eigenvalue weighted by atomic mass is 79.9. The van der Waals surface area contributed by atoms with Crippen molar-refractivity contribution < 1.29 is 14.0 Å². The van der Waals surface area contributed by atoms with Crippen LogP contribution < -0.4 is 15.5 Å². The minimum absolute atomic E-state index is 0.00157. The van der Waals surface area contributed by atoms with E-state index >= 15 is 0 Å². The summed E-state index contributed by atoms with van der Waals surface area (Å²) in [5.41, 5.74) is 2.69. The Balaban J connectivity index is 1.61. The summed E-state index contributed by atoms with van der Waals surface area (Å²) in [5, 5.41) is 5.73. The molecule has 0 spiro atoms. The van der Waals surface area contributed by atoms with Crippen molar-refractivity contribution in [3.05, 3.63) is 76.7 Å². The molecule has 3 amide bonds. The minimum atomic E-state index is -0.365. The van der Waals surface area contributed by atoms with E-state index < -0.39 is 0 Å². The van der Waals surface area contributed by atoms with Crippen LogP contribution in [0.15, 0.2) is 69.8 Å². The first kappa shape index (κ1) is 25.8. The van der Waals surface area contributed by atoms with E-state index in [-0.39, 0.29) is 11.9 Å². The molecule has 0 unspecified atom stereocenters. The van der Waals surface area contributed by atoms with E-state index in [9.17, 15) is 9.59 Å². The molecule has 0 atom stereocenters. The number of benzene rings is 2. The van der Waals surface area contributed by atoms with Gasteiger partial charge >= 0.3 is 6.03 Å². The zero-order valence-corrected chi connectivity index (χ0v) is 22.2. The van der Waals surface area contributed by atoms with E-state index in [0.717, 1.165) is 67.7 Å². The number of likely N-dealkylation sites (tertiary alicyclic amines) is 1. The SMILES string of the molecule is CCCCN(Cc1ccco1)c1ccc(NC(=O)Nc2cccc(Br)c2)cc1C(=O)N1CCCCC1. The van der Waals surface area contributed by atoms with Gasteiger partial charge in [0.1, 0.15) is 5.76 Å². The summed E-state index contributed by atoms with van der Waals surface area (Å²) in [4.78, 5) is 30.5. The van der Waals surface area contributed by atoms with Crippen molar-refractivity contribution in [2.75, 3.05) is 35.2 Å². The molecule has 2 N–H and O–H groups in total. The van der Waals surface area contributed by atoms with E-state index in [1.54, 1.807) is 12.3 Å². The Morgan fingerprint density at radius 1 is 1.00 bits per heavy atom. The summed E-state index contributed by atoms with van der Waals surface area (Å²) >= 11 is 3.42. The van der Waals surface area contributed by atoms with Gasteiger partial charge in [-0.2, -0.15) is 0 Å². The van der Waals surface area contributed by atoms with Gasteiger partial charge in [-0.3, -0.25) is 4.79 Å². The maximum atomic E-state index is 13.7. The van der Waals surface area contributed by atoms with Crippen molar-refractivity contribution >= 4 is 44.9 Å². The third-order valence-corrected chi connectivity index (χ3v) is 6.75. The minimum Gasteiger partial charge on any atom is -0.467 e. The molecule has 0 saturated carbocycles. The van der Waals surface area contributed by atoms with E-state index in [2.05, 4.69) is 38.4 Å². The molecule has 0 bridgehead atoms. The van der Waals surface area contributed by atoms with E-state index in [1.807, 2.05) is 53.4 Å². The number of piperidine rings is 1. The largest absolute Gasteiger partial charge is 0.467 e. The average molecular weight is 554 g/mol. The van der Waals surface area contributed by atoms with Crippen LogP contribution in [0.1, 0.15) is 55.1 Å². The zero-order chi connectivity index (χ0) is 25.3. The van der Waals surface area contributed by atoms with Crippen LogP contribution in [0.4, 0.5) is 21.9 Å². The smallest absolute Gasteiger partial charge is 0.323 e. The number of furan rings is 1. The highest BCUT2D eigenvalue weighted by Crippen LogP contribution is 2.29. The topological polar surface area (TPSA) is 77.8 Å². The second kappa shape index (κ2) is 12.6. The highest BCUT2D eigenvalue weighted by molar-refractivity contribution is 9.10. The van der Waals surface area contributed by atoms with E-state index in [0.29, 0.717) is 23.5 Å². The third-order valence-electron chi connectivity index (χ3n) is 6.26. The van der Waals surface area contributed by atoms with Crippen LogP contribution in [0.2, 0.25) is 0 Å². The average Bonchev–Trinajstić information content (AvgIpc) is 3.40. The van der Waals surface area contributed by atoms with Gasteiger partial charge in [0.05, 0.1) is 24.1 Å². The fourth-order valence-electron chi connectivity index (χ4n) is 4.41. The number of urea groups is 1. The Bertz CT molecular complexity index is 1160. The molecule has 1 saturated heterocycles. The first-order valence-electron chi connectivity index (χ1n) is 12.6. The van der Waals surface area contributed by atoms with Gasteiger partial charge in [0.2, 0.25) is 0 Å². The number of carbonyl (C=O) groups excluding carboxylic acids is 2. The maximum Gasteiger partial charge on any atom is 0.323 e. The second-order valence-electron chi connectivity index (χ2n) is 9.03. The molecule has 1 aliphatic rings. The molecule has 0 radical (unpaired) electrons. The Kier molecular flexibility index (Phi) is 9.06. The van der Waals surface area contributed by atoms with Gasteiger partial charge in [-0.1, -0.05) is 35.3 Å². The van der Waals surface area contributed by atoms with Gasteiger partial charge in [-0.05, 0) is 74.2 Å². The Labute approximate surface area is 221 Å². The van der Waals surface area contributed by atoms with Gasteiger partial charge < -0.3 is 24.9 Å². The monoisotopic (exact) mass is 552 g/mol. The first-order valence-corrected chi connectivity index (χ1v) is 13.4. The van der Waals surface area contributed by atoms with E-state index in [1.165, 1.54) is 0 Å². The molecule has 3 aromatic rings. The molecule has 2 heterocycles. The number of hydrogen-bond donors (Lipinski definition) is 2. The van der Waals surface area contributed by atoms with Crippen molar-refractivity contribution in [2.24, 2.45) is 0 Å². The van der Waals surface area contributed by atoms with Crippen molar-refractivity contribution in [2.45, 2.75) is 45.6 Å². The zero-order valence-electron chi connectivity index (χ0n) is 20.6. The van der Waals surface area contributed by atoms with Crippen molar-refractivity contribution in [1.82, 2.24) is 4.90 Å². The summed E-state index contributed by atoms with van der Waals surface area (Å²) in [6.07, 6.45) is 6.88. The van der Waals surface area contributed by atoms with Gasteiger partial charge in [0, 0.05) is 35.5 Å². The fourth-order valence-corrected chi connectivity index (χ4v) is 4.81. The summed E-state index contributed by atoms with van der Waals surface area (Å²) in [6, 6.07) is 16.4. The molecule has 2 aromatic carbocycles. The highest BCUT2D eigenvalue weighted by Gasteiger charge is 2.24. The molecule has 36 heavy (non-hydrogen) atoms. The molecule has 1 aromatic heterocycles. The molecule has 1 aliphatic heterocycles. The normalized spacial score (nSPS) is 13.3. The molecular weight excluding hydrogens is 520 g/mol. The summed E-state index contributed by atoms with van der Waals surface area (Å²) in [7, 11) is 0. The molecule has 1 fully saturated rings. The lowest BCUT2D eigenvalue weighted by molar-refractivity contribution is 0.0725. The summed E-state index contributed by atoms with van der Waals surface area (Å²) in [5.74, 6) is 0.847. The van der Waals surface area contributed by atoms with Crippen LogP contribution in [-0.2, 0) is 6.54 Å².